The van der Waals surface area contributed by atoms with Crippen LogP contribution in [-0.4, -0.2) is 16.1 Å². The van der Waals surface area contributed by atoms with E-state index in [1.165, 1.54) is 23.3 Å². The zero-order valence-corrected chi connectivity index (χ0v) is 13.5. The van der Waals surface area contributed by atoms with Gasteiger partial charge in [0, 0.05) is 17.5 Å². The lowest BCUT2D eigenvalue weighted by molar-refractivity contribution is 0.601. The van der Waals surface area contributed by atoms with Crippen LogP contribution in [0, 0.1) is 0 Å². The van der Waals surface area contributed by atoms with Gasteiger partial charge in [-0.3, -0.25) is 9.36 Å². The third-order valence-corrected chi connectivity index (χ3v) is 5.76. The Morgan fingerprint density at radius 1 is 1.36 bits per heavy atom. The van der Waals surface area contributed by atoms with Crippen LogP contribution in [0.2, 0.25) is 0 Å². The summed E-state index contributed by atoms with van der Waals surface area (Å²) >= 11 is 1.74. The highest BCUT2D eigenvalue weighted by molar-refractivity contribution is 7.18. The summed E-state index contributed by atoms with van der Waals surface area (Å²) in [7, 11) is 0. The first-order chi connectivity index (χ1) is 10.8. The predicted octanol–water partition coefficient (Wildman–Crippen LogP) is 2.95. The van der Waals surface area contributed by atoms with Crippen molar-refractivity contribution in [3.05, 3.63) is 39.3 Å². The molecule has 2 aromatic heterocycles. The van der Waals surface area contributed by atoms with Crippen LogP contribution >= 0.6 is 11.3 Å². The Bertz CT molecular complexity index is 785. The molecule has 2 aliphatic rings. The molecule has 116 valence electrons. The molecule has 2 aromatic rings. The second-order valence-electron chi connectivity index (χ2n) is 6.24. The number of fused-ring (bicyclic) bond motifs is 3. The van der Waals surface area contributed by atoms with Crippen LogP contribution in [0.3, 0.4) is 0 Å². The maximum Gasteiger partial charge on any atom is 0.262 e. The quantitative estimate of drug-likeness (QED) is 0.681. The molecule has 0 aliphatic heterocycles. The van der Waals surface area contributed by atoms with E-state index < -0.39 is 0 Å². The summed E-state index contributed by atoms with van der Waals surface area (Å²) in [6.07, 6.45) is 8.65. The number of aryl methyl sites for hydroxylation is 2. The van der Waals surface area contributed by atoms with E-state index in [1.807, 2.05) is 10.6 Å². The van der Waals surface area contributed by atoms with Gasteiger partial charge in [0.25, 0.3) is 5.56 Å². The van der Waals surface area contributed by atoms with Crippen LogP contribution < -0.4 is 10.9 Å². The van der Waals surface area contributed by atoms with Gasteiger partial charge in [0.1, 0.15) is 10.7 Å². The van der Waals surface area contributed by atoms with Gasteiger partial charge in [-0.15, -0.1) is 17.9 Å². The third kappa shape index (κ3) is 2.32. The van der Waals surface area contributed by atoms with Gasteiger partial charge in [-0.1, -0.05) is 6.08 Å². The van der Waals surface area contributed by atoms with Gasteiger partial charge in [0.2, 0.25) is 0 Å². The van der Waals surface area contributed by atoms with Crippen LogP contribution in [0.1, 0.15) is 48.0 Å². The molecule has 1 N–H and O–H groups in total. The van der Waals surface area contributed by atoms with Gasteiger partial charge in [-0.05, 0) is 44.1 Å². The van der Waals surface area contributed by atoms with Crippen molar-refractivity contribution in [3.8, 4) is 0 Å². The summed E-state index contributed by atoms with van der Waals surface area (Å²) in [6, 6.07) is 0.365. The van der Waals surface area contributed by atoms with E-state index in [9.17, 15) is 4.79 Å². The fourth-order valence-electron chi connectivity index (χ4n) is 3.38. The van der Waals surface area contributed by atoms with E-state index in [4.69, 9.17) is 4.98 Å². The van der Waals surface area contributed by atoms with E-state index in [1.54, 1.807) is 11.3 Å². The van der Waals surface area contributed by atoms with Crippen LogP contribution in [-0.2, 0) is 19.4 Å². The highest BCUT2D eigenvalue weighted by Crippen LogP contribution is 2.37. The lowest BCUT2D eigenvalue weighted by Gasteiger charge is -2.13. The lowest BCUT2D eigenvalue weighted by atomic mass is 9.97. The molecule has 2 heterocycles. The van der Waals surface area contributed by atoms with Crippen molar-refractivity contribution in [3.63, 3.8) is 0 Å². The van der Waals surface area contributed by atoms with Crippen molar-refractivity contribution >= 4 is 21.6 Å². The molecule has 2 aliphatic carbocycles. The largest absolute Gasteiger partial charge is 0.306 e. The number of hydrogen-bond donors (Lipinski definition) is 1. The van der Waals surface area contributed by atoms with Gasteiger partial charge in [-0.25, -0.2) is 4.98 Å². The zero-order valence-electron chi connectivity index (χ0n) is 12.7. The minimum atomic E-state index is 0.197. The molecule has 0 aromatic carbocycles. The van der Waals surface area contributed by atoms with Crippen molar-refractivity contribution in [1.29, 1.82) is 0 Å². The summed E-state index contributed by atoms with van der Waals surface area (Å²) in [4.78, 5) is 20.3. The molecule has 4 nitrogen and oxygen atoms in total. The highest BCUT2D eigenvalue weighted by Gasteiger charge is 2.30. The maximum absolute atomic E-state index is 13.1. The molecular formula is C17H21N3OS. The predicted molar refractivity (Wildman–Crippen MR) is 90.7 cm³/mol. The Morgan fingerprint density at radius 2 is 2.18 bits per heavy atom. The Hall–Kier alpha value is -1.46. The summed E-state index contributed by atoms with van der Waals surface area (Å²) < 4.78 is 1.96. The van der Waals surface area contributed by atoms with E-state index >= 15 is 0 Å². The van der Waals surface area contributed by atoms with E-state index in [0.29, 0.717) is 12.6 Å². The second kappa shape index (κ2) is 5.63. The minimum Gasteiger partial charge on any atom is -0.306 e. The first-order valence-corrected chi connectivity index (χ1v) is 8.98. The minimum absolute atomic E-state index is 0.197. The molecule has 0 spiro atoms. The molecule has 0 atom stereocenters. The Labute approximate surface area is 133 Å². The molecule has 1 fully saturated rings. The van der Waals surface area contributed by atoms with Crippen LogP contribution in [0.15, 0.2) is 17.4 Å². The monoisotopic (exact) mass is 315 g/mol. The zero-order chi connectivity index (χ0) is 15.1. The lowest BCUT2D eigenvalue weighted by Crippen LogP contribution is -2.28. The summed E-state index contributed by atoms with van der Waals surface area (Å²) in [5, 5.41) is 4.21. The fourth-order valence-corrected chi connectivity index (χ4v) is 4.65. The first kappa shape index (κ1) is 14.2. The summed E-state index contributed by atoms with van der Waals surface area (Å²) in [6.45, 7) is 5.09. The molecule has 0 radical (unpaired) electrons. The standard InChI is InChI=1S/C17H21N3OS/c1-2-9-18-10-14-19-16-15(17(21)20(14)11-7-8-11)12-5-3-4-6-13(12)22-16/h2,11,18H,1,3-10H2. The Balaban J connectivity index is 1.86. The van der Waals surface area contributed by atoms with Crippen molar-refractivity contribution in [2.75, 3.05) is 6.54 Å². The molecule has 0 saturated heterocycles. The third-order valence-electron chi connectivity index (χ3n) is 4.58. The summed E-state index contributed by atoms with van der Waals surface area (Å²) in [5.41, 5.74) is 1.49. The Morgan fingerprint density at radius 3 is 2.95 bits per heavy atom. The molecule has 22 heavy (non-hydrogen) atoms. The van der Waals surface area contributed by atoms with Crippen molar-refractivity contribution < 1.29 is 0 Å². The number of nitrogens with one attached hydrogen (secondary N) is 1. The number of aromatic nitrogens is 2. The SMILES string of the molecule is C=CCNCc1nc2sc3c(c2c(=O)n1C1CC1)CCCC3. The van der Waals surface area contributed by atoms with Crippen LogP contribution in [0.4, 0.5) is 0 Å². The summed E-state index contributed by atoms with van der Waals surface area (Å²) in [5.74, 6) is 0.889. The molecular weight excluding hydrogens is 294 g/mol. The number of rotatable bonds is 5. The maximum atomic E-state index is 13.1. The van der Waals surface area contributed by atoms with E-state index in [0.717, 1.165) is 48.3 Å². The van der Waals surface area contributed by atoms with Gasteiger partial charge < -0.3 is 5.32 Å². The molecule has 0 unspecified atom stereocenters. The van der Waals surface area contributed by atoms with Gasteiger partial charge in [-0.2, -0.15) is 0 Å². The molecule has 0 amide bonds. The van der Waals surface area contributed by atoms with Gasteiger partial charge in [0.05, 0.1) is 11.9 Å². The molecule has 4 rings (SSSR count). The number of hydrogen-bond acceptors (Lipinski definition) is 4. The highest BCUT2D eigenvalue weighted by atomic mass is 32.1. The van der Waals surface area contributed by atoms with Crippen molar-refractivity contribution in [1.82, 2.24) is 14.9 Å². The van der Waals surface area contributed by atoms with E-state index in [2.05, 4.69) is 11.9 Å². The van der Waals surface area contributed by atoms with Crippen LogP contribution in [0.5, 0.6) is 0 Å². The molecule has 5 heteroatoms. The number of nitrogens with zero attached hydrogens (tertiary/aromatic N) is 2. The smallest absolute Gasteiger partial charge is 0.262 e. The normalized spacial score (nSPS) is 17.6. The average Bonchev–Trinajstić information content (AvgIpc) is 3.27. The fraction of sp³-hybridized carbons (Fsp3) is 0.529. The number of thiophene rings is 1. The average molecular weight is 315 g/mol. The Kier molecular flexibility index (Phi) is 3.62. The molecule has 0 bridgehead atoms. The molecule has 1 saturated carbocycles. The topological polar surface area (TPSA) is 46.9 Å². The van der Waals surface area contributed by atoms with Gasteiger partial charge in [0.15, 0.2) is 0 Å². The van der Waals surface area contributed by atoms with Crippen LogP contribution in [0.25, 0.3) is 10.2 Å². The van der Waals surface area contributed by atoms with Gasteiger partial charge >= 0.3 is 0 Å². The van der Waals surface area contributed by atoms with Crippen molar-refractivity contribution in [2.24, 2.45) is 0 Å². The first-order valence-electron chi connectivity index (χ1n) is 8.17. The van der Waals surface area contributed by atoms with Crippen molar-refractivity contribution in [2.45, 2.75) is 51.1 Å². The second-order valence-corrected chi connectivity index (χ2v) is 7.33. The van der Waals surface area contributed by atoms with E-state index in [-0.39, 0.29) is 5.56 Å².